The summed E-state index contributed by atoms with van der Waals surface area (Å²) in [5.74, 6) is 0. The summed E-state index contributed by atoms with van der Waals surface area (Å²) in [5.41, 5.74) is 0.497. The number of halogens is 6. The minimum Gasteiger partial charge on any atom is -0.392 e. The molecule has 0 aromatic rings. The molecule has 2 nitrogen and oxygen atoms in total. The predicted molar refractivity (Wildman–Crippen MR) is 72.1 cm³/mol. The SMILES string of the molecule is OCC1=C(CO)C2(Cl)C(Cl)C(Cl)C1(Cl)C2(Cl)Cl. The number of aliphatic hydroxyl groups is 2. The maximum Gasteiger partial charge on any atom is 0.167 e. The van der Waals surface area contributed by atoms with Crippen molar-refractivity contribution >= 4 is 69.6 Å². The molecule has 4 unspecified atom stereocenters. The Labute approximate surface area is 128 Å². The first-order valence-electron chi connectivity index (χ1n) is 4.69. The molecule has 0 aromatic heterocycles. The first kappa shape index (κ1) is 14.8. The van der Waals surface area contributed by atoms with E-state index in [0.717, 1.165) is 0 Å². The standard InChI is InChI=1S/C9H8Cl6O2/c10-5-6(11)8(13)4(2-17)3(1-16)7(5,12)9(8,14)15/h5-6,16-17H,1-2H2. The lowest BCUT2D eigenvalue weighted by Gasteiger charge is -2.32. The molecule has 2 rings (SSSR count). The van der Waals surface area contributed by atoms with E-state index in [1.54, 1.807) is 0 Å². The Morgan fingerprint density at radius 1 is 0.824 bits per heavy atom. The number of aliphatic hydroxyl groups excluding tert-OH is 2. The normalized spacial score (nSPS) is 48.0. The van der Waals surface area contributed by atoms with Crippen molar-refractivity contribution in [3.63, 3.8) is 0 Å². The van der Waals surface area contributed by atoms with Crippen molar-refractivity contribution in [2.75, 3.05) is 13.2 Å². The lowest BCUT2D eigenvalue weighted by molar-refractivity contribution is 0.299. The number of fused-ring (bicyclic) bond motifs is 2. The van der Waals surface area contributed by atoms with E-state index in [9.17, 15) is 10.2 Å². The number of hydrogen-bond acceptors (Lipinski definition) is 2. The minimum absolute atomic E-state index is 0.249. The molecule has 98 valence electrons. The van der Waals surface area contributed by atoms with Crippen molar-refractivity contribution in [2.45, 2.75) is 24.8 Å². The summed E-state index contributed by atoms with van der Waals surface area (Å²) >= 11 is 37.4. The van der Waals surface area contributed by atoms with Crippen LogP contribution in [0.25, 0.3) is 0 Å². The molecule has 0 saturated heterocycles. The third-order valence-electron chi connectivity index (χ3n) is 3.49. The summed E-state index contributed by atoms with van der Waals surface area (Å²) in [4.78, 5) is -2.97. The van der Waals surface area contributed by atoms with Crippen LogP contribution in [0.3, 0.4) is 0 Å². The Morgan fingerprint density at radius 3 is 1.35 bits per heavy atom. The molecule has 8 heteroatoms. The Kier molecular flexibility index (Phi) is 3.65. The lowest BCUT2D eigenvalue weighted by Crippen LogP contribution is -2.46. The van der Waals surface area contributed by atoms with Gasteiger partial charge in [0.1, 0.15) is 9.75 Å². The van der Waals surface area contributed by atoms with Gasteiger partial charge >= 0.3 is 0 Å². The molecule has 0 aromatic carbocycles. The zero-order valence-electron chi connectivity index (χ0n) is 8.23. The molecule has 2 bridgehead atoms. The van der Waals surface area contributed by atoms with Crippen LogP contribution in [0.1, 0.15) is 0 Å². The van der Waals surface area contributed by atoms with Crippen molar-refractivity contribution in [2.24, 2.45) is 0 Å². The van der Waals surface area contributed by atoms with E-state index >= 15 is 0 Å². The smallest absolute Gasteiger partial charge is 0.167 e. The first-order chi connectivity index (χ1) is 7.71. The van der Waals surface area contributed by atoms with Gasteiger partial charge in [-0.3, -0.25) is 0 Å². The average Bonchev–Trinajstić information content (AvgIpc) is 2.48. The predicted octanol–water partition coefficient (Wildman–Crippen LogP) is 2.64. The fraction of sp³-hybridized carbons (Fsp3) is 0.778. The highest BCUT2D eigenvalue weighted by atomic mass is 35.5. The van der Waals surface area contributed by atoms with Crippen LogP contribution in [-0.2, 0) is 0 Å². The van der Waals surface area contributed by atoms with Gasteiger partial charge in [-0.25, -0.2) is 0 Å². The van der Waals surface area contributed by atoms with Crippen molar-refractivity contribution < 1.29 is 10.2 Å². The van der Waals surface area contributed by atoms with Gasteiger partial charge in [-0.15, -0.1) is 46.4 Å². The van der Waals surface area contributed by atoms with E-state index < -0.39 is 38.0 Å². The van der Waals surface area contributed by atoms with E-state index in [2.05, 4.69) is 0 Å². The van der Waals surface area contributed by atoms with Crippen molar-refractivity contribution in [1.29, 1.82) is 0 Å². The monoisotopic (exact) mass is 358 g/mol. The molecule has 2 aliphatic carbocycles. The van der Waals surface area contributed by atoms with Crippen LogP contribution in [0.5, 0.6) is 0 Å². The van der Waals surface area contributed by atoms with Crippen molar-refractivity contribution in [3.05, 3.63) is 11.1 Å². The van der Waals surface area contributed by atoms with Crippen LogP contribution in [0.4, 0.5) is 0 Å². The number of rotatable bonds is 2. The largest absolute Gasteiger partial charge is 0.392 e. The van der Waals surface area contributed by atoms with Gasteiger partial charge in [0.05, 0.1) is 24.0 Å². The van der Waals surface area contributed by atoms with Crippen molar-refractivity contribution in [3.8, 4) is 0 Å². The number of alkyl halides is 6. The second-order valence-electron chi connectivity index (χ2n) is 4.07. The molecule has 0 radical (unpaired) electrons. The van der Waals surface area contributed by atoms with Gasteiger partial charge in [-0.05, 0) is 11.1 Å². The number of hydrogen-bond donors (Lipinski definition) is 2. The summed E-state index contributed by atoms with van der Waals surface area (Å²) in [6.07, 6.45) is 0. The maximum atomic E-state index is 9.37. The van der Waals surface area contributed by atoms with Crippen LogP contribution in [0, 0.1) is 0 Å². The summed E-state index contributed by atoms with van der Waals surface area (Å²) < 4.78 is -1.70. The Balaban J connectivity index is 2.75. The van der Waals surface area contributed by atoms with Gasteiger partial charge in [0.15, 0.2) is 4.33 Å². The minimum atomic E-state index is -1.70. The highest BCUT2D eigenvalue weighted by Crippen LogP contribution is 2.72. The van der Waals surface area contributed by atoms with Gasteiger partial charge in [-0.1, -0.05) is 23.2 Å². The molecule has 2 N–H and O–H groups in total. The second-order valence-corrected chi connectivity index (χ2v) is 7.53. The summed E-state index contributed by atoms with van der Waals surface area (Å²) in [7, 11) is 0. The molecular formula is C9H8Cl6O2. The Hall–Kier alpha value is 1.40. The van der Waals surface area contributed by atoms with Crippen LogP contribution < -0.4 is 0 Å². The average molecular weight is 361 g/mol. The molecule has 1 saturated carbocycles. The topological polar surface area (TPSA) is 40.5 Å². The van der Waals surface area contributed by atoms with Crippen LogP contribution in [-0.4, -0.2) is 48.3 Å². The van der Waals surface area contributed by atoms with Gasteiger partial charge in [0.2, 0.25) is 0 Å². The van der Waals surface area contributed by atoms with Gasteiger partial charge in [0, 0.05) is 0 Å². The quantitative estimate of drug-likeness (QED) is 0.587. The molecular weight excluding hydrogens is 353 g/mol. The highest BCUT2D eigenvalue weighted by molar-refractivity contribution is 6.64. The van der Waals surface area contributed by atoms with Crippen LogP contribution >= 0.6 is 69.6 Å². The molecule has 1 fully saturated rings. The Morgan fingerprint density at radius 2 is 1.12 bits per heavy atom. The zero-order chi connectivity index (χ0) is 13.2. The van der Waals surface area contributed by atoms with E-state index in [1.165, 1.54) is 0 Å². The third kappa shape index (κ3) is 1.34. The maximum absolute atomic E-state index is 9.37. The molecule has 0 heterocycles. The molecule has 0 aliphatic heterocycles. The van der Waals surface area contributed by atoms with Gasteiger partial charge in [0.25, 0.3) is 0 Å². The summed E-state index contributed by atoms with van der Waals surface area (Å²) in [5, 5.41) is 17.0. The van der Waals surface area contributed by atoms with Gasteiger partial charge < -0.3 is 10.2 Å². The molecule has 0 spiro atoms. The highest BCUT2D eigenvalue weighted by Gasteiger charge is 2.81. The van der Waals surface area contributed by atoms with Crippen LogP contribution in [0.15, 0.2) is 11.1 Å². The molecule has 2 aliphatic rings. The molecule has 0 amide bonds. The fourth-order valence-electron chi connectivity index (χ4n) is 2.59. The second kappa shape index (κ2) is 4.20. The summed E-state index contributed by atoms with van der Waals surface area (Å²) in [6, 6.07) is 0. The van der Waals surface area contributed by atoms with Crippen molar-refractivity contribution in [1.82, 2.24) is 0 Å². The van der Waals surface area contributed by atoms with Crippen LogP contribution in [0.2, 0.25) is 0 Å². The fourth-order valence-corrected chi connectivity index (χ4v) is 5.78. The van der Waals surface area contributed by atoms with E-state index in [-0.39, 0.29) is 11.1 Å². The summed E-state index contributed by atoms with van der Waals surface area (Å²) in [6.45, 7) is -0.885. The Bertz CT molecular complexity index is 363. The first-order valence-corrected chi connectivity index (χ1v) is 7.08. The van der Waals surface area contributed by atoms with E-state index in [1.807, 2.05) is 0 Å². The lowest BCUT2D eigenvalue weighted by atomic mass is 9.91. The van der Waals surface area contributed by atoms with E-state index in [0.29, 0.717) is 0 Å². The zero-order valence-corrected chi connectivity index (χ0v) is 12.8. The molecule has 4 atom stereocenters. The third-order valence-corrected chi connectivity index (χ3v) is 8.07. The van der Waals surface area contributed by atoms with E-state index in [4.69, 9.17) is 69.6 Å². The van der Waals surface area contributed by atoms with Gasteiger partial charge in [-0.2, -0.15) is 0 Å². The molecule has 17 heavy (non-hydrogen) atoms.